The highest BCUT2D eigenvalue weighted by atomic mass is 16.1. The molecular weight excluding hydrogens is 356 g/mol. The maximum absolute atomic E-state index is 12.9. The summed E-state index contributed by atoms with van der Waals surface area (Å²) in [4.78, 5) is 15.2. The Morgan fingerprint density at radius 3 is 2.45 bits per heavy atom. The molecule has 0 amide bonds. The van der Waals surface area contributed by atoms with E-state index in [9.17, 15) is 4.79 Å². The Kier molecular flexibility index (Phi) is 4.39. The number of Topliss-reactive ketones (excluding diaryl/α,β-unsaturated/α-hetero) is 1. The Labute approximate surface area is 172 Å². The molecule has 3 aromatic rings. The van der Waals surface area contributed by atoms with Crippen LogP contribution in [0.4, 0.5) is 11.4 Å². The zero-order chi connectivity index (χ0) is 20.0. The molecule has 0 saturated carbocycles. The van der Waals surface area contributed by atoms with Crippen LogP contribution < -0.4 is 10.2 Å². The molecule has 0 saturated heterocycles. The van der Waals surface area contributed by atoms with Crippen molar-refractivity contribution in [2.45, 2.75) is 32.6 Å². The number of allylic oxidation sites excluding steroid dienone is 2. The van der Waals surface area contributed by atoms with Gasteiger partial charge in [0.2, 0.25) is 0 Å². The van der Waals surface area contributed by atoms with Gasteiger partial charge in [-0.05, 0) is 60.4 Å². The fraction of sp³-hybridized carbons (Fsp3) is 0.269. The molecule has 1 unspecified atom stereocenters. The Hall–Kier alpha value is -3.07. The molecule has 3 aromatic carbocycles. The molecule has 0 bridgehead atoms. The molecule has 5 rings (SSSR count). The van der Waals surface area contributed by atoms with E-state index in [0.29, 0.717) is 6.42 Å². The lowest BCUT2D eigenvalue weighted by atomic mass is 9.78. The van der Waals surface area contributed by atoms with Crippen molar-refractivity contribution in [2.24, 2.45) is 0 Å². The number of carbonyl (C=O) groups excluding carboxylic acids is 1. The normalized spacial score (nSPS) is 17.9. The van der Waals surface area contributed by atoms with Crippen molar-refractivity contribution in [1.82, 2.24) is 0 Å². The first-order valence-corrected chi connectivity index (χ1v) is 10.6. The average Bonchev–Trinajstić information content (AvgIpc) is 3.14. The van der Waals surface area contributed by atoms with E-state index in [1.54, 1.807) is 0 Å². The van der Waals surface area contributed by atoms with E-state index in [1.807, 2.05) is 0 Å². The maximum atomic E-state index is 12.9. The lowest BCUT2D eigenvalue weighted by molar-refractivity contribution is -0.115. The Bertz CT molecular complexity index is 1120. The second-order valence-corrected chi connectivity index (χ2v) is 7.89. The van der Waals surface area contributed by atoms with Crippen molar-refractivity contribution in [1.29, 1.82) is 0 Å². The largest absolute Gasteiger partial charge is 0.372 e. The molecule has 2 aliphatic rings. The van der Waals surface area contributed by atoms with Crippen molar-refractivity contribution < 1.29 is 4.79 Å². The van der Waals surface area contributed by atoms with Gasteiger partial charge in [-0.15, -0.1) is 0 Å². The smallest absolute Gasteiger partial charge is 0.161 e. The van der Waals surface area contributed by atoms with Gasteiger partial charge >= 0.3 is 0 Å². The van der Waals surface area contributed by atoms with Crippen LogP contribution in [0.25, 0.3) is 10.8 Å². The highest BCUT2D eigenvalue weighted by molar-refractivity contribution is 6.05. The topological polar surface area (TPSA) is 32.3 Å². The number of ketones is 1. The number of carbonyl (C=O) groups is 1. The van der Waals surface area contributed by atoms with E-state index in [2.05, 4.69) is 84.7 Å². The second-order valence-electron chi connectivity index (χ2n) is 7.89. The number of hydrogen-bond acceptors (Lipinski definition) is 3. The SMILES string of the molecule is CCN(CC)c1ccc(C2C3=C(CCC3=O)Nc3ccc4ccccc4c32)cc1. The lowest BCUT2D eigenvalue weighted by Crippen LogP contribution is -2.22. The third-order valence-corrected chi connectivity index (χ3v) is 6.42. The van der Waals surface area contributed by atoms with E-state index in [-0.39, 0.29) is 11.7 Å². The maximum Gasteiger partial charge on any atom is 0.161 e. The molecule has 1 aliphatic carbocycles. The summed E-state index contributed by atoms with van der Waals surface area (Å²) >= 11 is 0. The van der Waals surface area contributed by atoms with Gasteiger partial charge in [-0.3, -0.25) is 4.79 Å². The van der Waals surface area contributed by atoms with Crippen LogP contribution >= 0.6 is 0 Å². The Morgan fingerprint density at radius 1 is 0.931 bits per heavy atom. The molecule has 1 heterocycles. The predicted molar refractivity (Wildman–Crippen MR) is 121 cm³/mol. The van der Waals surface area contributed by atoms with E-state index in [0.717, 1.165) is 36.5 Å². The van der Waals surface area contributed by atoms with E-state index in [4.69, 9.17) is 0 Å². The Balaban J connectivity index is 1.70. The van der Waals surface area contributed by atoms with Crippen LogP contribution in [0.3, 0.4) is 0 Å². The van der Waals surface area contributed by atoms with E-state index < -0.39 is 0 Å². The number of benzene rings is 3. The summed E-state index contributed by atoms with van der Waals surface area (Å²) in [6.45, 7) is 6.34. The van der Waals surface area contributed by atoms with Crippen molar-refractivity contribution in [3.63, 3.8) is 0 Å². The standard InChI is InChI=1S/C26H26N2O/c1-3-28(4-2)19-12-9-18(10-13-19)24-25-20-8-6-5-7-17(20)11-14-21(25)27-22-15-16-23(29)26(22)24/h5-14,24,27H,3-4,15-16H2,1-2H3. The first-order chi connectivity index (χ1) is 14.2. The van der Waals surface area contributed by atoms with Crippen molar-refractivity contribution in [2.75, 3.05) is 23.3 Å². The van der Waals surface area contributed by atoms with Gasteiger partial charge in [-0.25, -0.2) is 0 Å². The number of rotatable bonds is 4. The molecule has 3 nitrogen and oxygen atoms in total. The van der Waals surface area contributed by atoms with Crippen molar-refractivity contribution >= 4 is 27.9 Å². The van der Waals surface area contributed by atoms with Crippen LogP contribution in [0.2, 0.25) is 0 Å². The average molecular weight is 383 g/mol. The van der Waals surface area contributed by atoms with Crippen LogP contribution in [-0.2, 0) is 4.79 Å². The van der Waals surface area contributed by atoms with Crippen LogP contribution in [0.1, 0.15) is 43.7 Å². The quantitative estimate of drug-likeness (QED) is 0.613. The highest BCUT2D eigenvalue weighted by Gasteiger charge is 2.37. The fourth-order valence-electron chi connectivity index (χ4n) is 4.96. The minimum absolute atomic E-state index is 0.00639. The summed E-state index contributed by atoms with van der Waals surface area (Å²) in [6.07, 6.45) is 1.42. The van der Waals surface area contributed by atoms with Crippen LogP contribution in [0.15, 0.2) is 71.9 Å². The molecule has 1 atom stereocenters. The first-order valence-electron chi connectivity index (χ1n) is 10.6. The Morgan fingerprint density at radius 2 is 1.69 bits per heavy atom. The molecule has 0 fully saturated rings. The molecule has 146 valence electrons. The number of anilines is 2. The molecule has 29 heavy (non-hydrogen) atoms. The van der Waals surface area contributed by atoms with Gasteiger partial charge in [0.15, 0.2) is 5.78 Å². The predicted octanol–water partition coefficient (Wildman–Crippen LogP) is 5.86. The van der Waals surface area contributed by atoms with E-state index >= 15 is 0 Å². The summed E-state index contributed by atoms with van der Waals surface area (Å²) in [5.74, 6) is 0.275. The molecule has 1 aliphatic heterocycles. The first kappa shape index (κ1) is 18.0. The molecule has 0 radical (unpaired) electrons. The second kappa shape index (κ2) is 7.07. The molecule has 1 N–H and O–H groups in total. The van der Waals surface area contributed by atoms with E-state index in [1.165, 1.54) is 27.6 Å². The lowest BCUT2D eigenvalue weighted by Gasteiger charge is -2.30. The zero-order valence-corrected chi connectivity index (χ0v) is 17.0. The summed E-state index contributed by atoms with van der Waals surface area (Å²) in [5, 5.41) is 6.02. The van der Waals surface area contributed by atoms with Gasteiger partial charge < -0.3 is 10.2 Å². The zero-order valence-electron chi connectivity index (χ0n) is 17.0. The number of nitrogens with one attached hydrogen (secondary N) is 1. The molecule has 3 heteroatoms. The van der Waals surface area contributed by atoms with Crippen LogP contribution in [-0.4, -0.2) is 18.9 Å². The summed E-state index contributed by atoms with van der Waals surface area (Å²) in [5.41, 5.74) is 6.86. The van der Waals surface area contributed by atoms with Crippen molar-refractivity contribution in [3.8, 4) is 0 Å². The number of nitrogens with zero attached hydrogens (tertiary/aromatic N) is 1. The number of fused-ring (bicyclic) bond motifs is 3. The monoisotopic (exact) mass is 382 g/mol. The van der Waals surface area contributed by atoms with Gasteiger partial charge in [0.05, 0.1) is 0 Å². The van der Waals surface area contributed by atoms with Crippen LogP contribution in [0, 0.1) is 0 Å². The number of hydrogen-bond donors (Lipinski definition) is 1. The summed E-state index contributed by atoms with van der Waals surface area (Å²) < 4.78 is 0. The third-order valence-electron chi connectivity index (χ3n) is 6.42. The summed E-state index contributed by atoms with van der Waals surface area (Å²) in [6, 6.07) is 21.7. The van der Waals surface area contributed by atoms with Gasteiger partial charge in [0.1, 0.15) is 0 Å². The molecule has 0 aromatic heterocycles. The third kappa shape index (κ3) is 2.84. The molecular formula is C26H26N2O. The van der Waals surface area contributed by atoms with Gasteiger partial charge in [-0.2, -0.15) is 0 Å². The van der Waals surface area contributed by atoms with Gasteiger partial charge in [-0.1, -0.05) is 42.5 Å². The highest BCUT2D eigenvalue weighted by Crippen LogP contribution is 2.48. The minimum Gasteiger partial charge on any atom is -0.372 e. The van der Waals surface area contributed by atoms with Gasteiger partial charge in [0, 0.05) is 48.1 Å². The summed E-state index contributed by atoms with van der Waals surface area (Å²) in [7, 11) is 0. The van der Waals surface area contributed by atoms with Gasteiger partial charge in [0.25, 0.3) is 0 Å². The van der Waals surface area contributed by atoms with Crippen LogP contribution in [0.5, 0.6) is 0 Å². The fourth-order valence-corrected chi connectivity index (χ4v) is 4.96. The minimum atomic E-state index is -0.00639. The van der Waals surface area contributed by atoms with Crippen molar-refractivity contribution in [3.05, 3.63) is 83.1 Å². The molecule has 0 spiro atoms.